The SMILES string of the molecule is COc1cccc(NC(=O)CN(c2ccc(Cl)cc2)S(C)(=O)=O)c1. The fourth-order valence-electron chi connectivity index (χ4n) is 2.04. The number of benzene rings is 2. The Kier molecular flexibility index (Phi) is 5.69. The summed E-state index contributed by atoms with van der Waals surface area (Å²) < 4.78 is 30.1. The van der Waals surface area contributed by atoms with Gasteiger partial charge in [0.1, 0.15) is 12.3 Å². The Bertz CT molecular complexity index is 822. The minimum atomic E-state index is -3.63. The van der Waals surface area contributed by atoms with Crippen LogP contribution in [0.4, 0.5) is 11.4 Å². The van der Waals surface area contributed by atoms with Crippen molar-refractivity contribution in [2.75, 3.05) is 29.5 Å². The molecule has 8 heteroatoms. The van der Waals surface area contributed by atoms with Crippen molar-refractivity contribution < 1.29 is 17.9 Å². The lowest BCUT2D eigenvalue weighted by atomic mass is 10.3. The molecule has 128 valence electrons. The summed E-state index contributed by atoms with van der Waals surface area (Å²) in [6, 6.07) is 13.0. The highest BCUT2D eigenvalue weighted by molar-refractivity contribution is 7.92. The maximum atomic E-state index is 12.2. The molecule has 0 aliphatic heterocycles. The maximum Gasteiger partial charge on any atom is 0.245 e. The van der Waals surface area contributed by atoms with Gasteiger partial charge in [-0.15, -0.1) is 0 Å². The number of ether oxygens (including phenoxy) is 1. The van der Waals surface area contributed by atoms with Crippen LogP contribution in [-0.4, -0.2) is 34.2 Å². The van der Waals surface area contributed by atoms with Crippen LogP contribution in [0.5, 0.6) is 5.75 Å². The zero-order valence-corrected chi connectivity index (χ0v) is 14.8. The molecule has 0 radical (unpaired) electrons. The molecule has 0 saturated heterocycles. The third-order valence-electron chi connectivity index (χ3n) is 3.16. The molecule has 0 aliphatic carbocycles. The molecule has 0 spiro atoms. The van der Waals surface area contributed by atoms with Gasteiger partial charge in [-0.2, -0.15) is 0 Å². The third-order valence-corrected chi connectivity index (χ3v) is 4.55. The number of nitrogens with zero attached hydrogens (tertiary/aromatic N) is 1. The highest BCUT2D eigenvalue weighted by Gasteiger charge is 2.20. The number of nitrogens with one attached hydrogen (secondary N) is 1. The standard InChI is InChI=1S/C16H17ClN2O4S/c1-23-15-5-3-4-13(10-15)18-16(20)11-19(24(2,21)22)14-8-6-12(17)7-9-14/h3-10H,11H2,1-2H3,(H,18,20). The van der Waals surface area contributed by atoms with E-state index in [-0.39, 0.29) is 6.54 Å². The maximum absolute atomic E-state index is 12.2. The molecule has 6 nitrogen and oxygen atoms in total. The molecule has 0 aromatic heterocycles. The van der Waals surface area contributed by atoms with Crippen LogP contribution in [0, 0.1) is 0 Å². The second-order valence-electron chi connectivity index (χ2n) is 5.03. The van der Waals surface area contributed by atoms with E-state index >= 15 is 0 Å². The molecule has 0 saturated carbocycles. The first kappa shape index (κ1) is 18.1. The molecule has 0 unspecified atom stereocenters. The lowest BCUT2D eigenvalue weighted by Crippen LogP contribution is -2.37. The van der Waals surface area contributed by atoms with Crippen molar-refractivity contribution in [3.05, 3.63) is 53.6 Å². The lowest BCUT2D eigenvalue weighted by Gasteiger charge is -2.22. The molecule has 0 heterocycles. The van der Waals surface area contributed by atoms with E-state index in [0.29, 0.717) is 22.1 Å². The number of rotatable bonds is 6. The average molecular weight is 369 g/mol. The van der Waals surface area contributed by atoms with Gasteiger partial charge in [0.15, 0.2) is 0 Å². The van der Waals surface area contributed by atoms with Gasteiger partial charge >= 0.3 is 0 Å². The number of carbonyl (C=O) groups excluding carboxylic acids is 1. The van der Waals surface area contributed by atoms with Crippen molar-refractivity contribution in [3.8, 4) is 5.75 Å². The quantitative estimate of drug-likeness (QED) is 0.850. The van der Waals surface area contributed by atoms with Crippen molar-refractivity contribution in [2.24, 2.45) is 0 Å². The summed E-state index contributed by atoms with van der Waals surface area (Å²) >= 11 is 5.81. The highest BCUT2D eigenvalue weighted by atomic mass is 35.5. The zero-order chi connectivity index (χ0) is 17.7. The van der Waals surface area contributed by atoms with Crippen LogP contribution in [0.2, 0.25) is 5.02 Å². The summed E-state index contributed by atoms with van der Waals surface area (Å²) in [5.74, 6) is 0.120. The molecular formula is C16H17ClN2O4S. The van der Waals surface area contributed by atoms with Gasteiger partial charge in [-0.25, -0.2) is 8.42 Å². The van der Waals surface area contributed by atoms with Gasteiger partial charge in [-0.3, -0.25) is 9.10 Å². The summed E-state index contributed by atoms with van der Waals surface area (Å²) in [5.41, 5.74) is 0.881. The fourth-order valence-corrected chi connectivity index (χ4v) is 3.02. The van der Waals surface area contributed by atoms with Crippen LogP contribution in [0.15, 0.2) is 48.5 Å². The molecule has 2 aromatic rings. The van der Waals surface area contributed by atoms with Gasteiger partial charge < -0.3 is 10.1 Å². The number of amides is 1. The van der Waals surface area contributed by atoms with Crippen molar-refractivity contribution in [1.29, 1.82) is 0 Å². The van der Waals surface area contributed by atoms with Crippen LogP contribution in [0.25, 0.3) is 0 Å². The molecule has 2 aromatic carbocycles. The number of hydrogen-bond acceptors (Lipinski definition) is 4. The first-order chi connectivity index (χ1) is 11.3. The Morgan fingerprint density at radius 2 is 1.88 bits per heavy atom. The molecule has 2 rings (SSSR count). The van der Waals surface area contributed by atoms with Gasteiger partial charge in [0.2, 0.25) is 15.9 Å². The van der Waals surface area contributed by atoms with Gasteiger partial charge in [0.25, 0.3) is 0 Å². The predicted octanol–water partition coefficient (Wildman–Crippen LogP) is 2.75. The van der Waals surface area contributed by atoms with Crippen LogP contribution < -0.4 is 14.4 Å². The highest BCUT2D eigenvalue weighted by Crippen LogP contribution is 2.21. The predicted molar refractivity (Wildman–Crippen MR) is 95.3 cm³/mol. The van der Waals surface area contributed by atoms with Gasteiger partial charge in [-0.1, -0.05) is 17.7 Å². The Labute approximate surface area is 146 Å². The number of anilines is 2. The number of hydrogen-bond donors (Lipinski definition) is 1. The Morgan fingerprint density at radius 3 is 2.46 bits per heavy atom. The smallest absolute Gasteiger partial charge is 0.245 e. The van der Waals surface area contributed by atoms with Crippen LogP contribution in [0.3, 0.4) is 0 Å². The minimum absolute atomic E-state index is 0.350. The van der Waals surface area contributed by atoms with E-state index in [1.807, 2.05) is 0 Å². The van der Waals surface area contributed by atoms with E-state index in [1.165, 1.54) is 7.11 Å². The van der Waals surface area contributed by atoms with Crippen LogP contribution >= 0.6 is 11.6 Å². The lowest BCUT2D eigenvalue weighted by molar-refractivity contribution is -0.114. The molecule has 1 N–H and O–H groups in total. The van der Waals surface area contributed by atoms with Crippen molar-refractivity contribution in [1.82, 2.24) is 0 Å². The van der Waals surface area contributed by atoms with Gasteiger partial charge in [-0.05, 0) is 36.4 Å². The largest absolute Gasteiger partial charge is 0.497 e. The Hall–Kier alpha value is -2.25. The summed E-state index contributed by atoms with van der Waals surface area (Å²) in [5, 5.41) is 3.13. The van der Waals surface area contributed by atoms with Crippen molar-refractivity contribution in [3.63, 3.8) is 0 Å². The Morgan fingerprint density at radius 1 is 1.21 bits per heavy atom. The van der Waals surface area contributed by atoms with Gasteiger partial charge in [0, 0.05) is 16.8 Å². The fraction of sp³-hybridized carbons (Fsp3) is 0.188. The zero-order valence-electron chi connectivity index (χ0n) is 13.2. The molecule has 1 amide bonds. The summed E-state index contributed by atoms with van der Waals surface area (Å²) in [6.07, 6.45) is 1.04. The Balaban J connectivity index is 2.17. The van der Waals surface area contributed by atoms with E-state index in [4.69, 9.17) is 16.3 Å². The molecule has 0 aliphatic rings. The molecule has 24 heavy (non-hydrogen) atoms. The van der Waals surface area contributed by atoms with Crippen molar-refractivity contribution >= 4 is 38.9 Å². The van der Waals surface area contributed by atoms with E-state index in [9.17, 15) is 13.2 Å². The second kappa shape index (κ2) is 7.55. The average Bonchev–Trinajstić information content (AvgIpc) is 2.53. The summed E-state index contributed by atoms with van der Waals surface area (Å²) in [7, 11) is -2.11. The number of methoxy groups -OCH3 is 1. The van der Waals surface area contributed by atoms with E-state index in [2.05, 4.69) is 5.32 Å². The topological polar surface area (TPSA) is 75.7 Å². The summed E-state index contributed by atoms with van der Waals surface area (Å²) in [6.45, 7) is -0.350. The molecule has 0 atom stereocenters. The monoisotopic (exact) mass is 368 g/mol. The van der Waals surface area contributed by atoms with Gasteiger partial charge in [0.05, 0.1) is 19.1 Å². The first-order valence-corrected chi connectivity index (χ1v) is 9.19. The first-order valence-electron chi connectivity index (χ1n) is 6.97. The number of halogens is 1. The number of carbonyl (C=O) groups is 1. The van der Waals surface area contributed by atoms with Crippen LogP contribution in [0.1, 0.15) is 0 Å². The molecular weight excluding hydrogens is 352 g/mol. The normalized spacial score (nSPS) is 11.0. The summed E-state index contributed by atoms with van der Waals surface area (Å²) in [4.78, 5) is 12.2. The minimum Gasteiger partial charge on any atom is -0.497 e. The molecule has 0 fully saturated rings. The van der Waals surface area contributed by atoms with Crippen molar-refractivity contribution in [2.45, 2.75) is 0 Å². The number of sulfonamides is 1. The third kappa shape index (κ3) is 4.87. The van der Waals surface area contributed by atoms with E-state index in [1.54, 1.807) is 48.5 Å². The second-order valence-corrected chi connectivity index (χ2v) is 7.37. The molecule has 0 bridgehead atoms. The van der Waals surface area contributed by atoms with E-state index < -0.39 is 15.9 Å². The van der Waals surface area contributed by atoms with Crippen LogP contribution in [-0.2, 0) is 14.8 Å². The van der Waals surface area contributed by atoms with E-state index in [0.717, 1.165) is 10.6 Å².